The lowest BCUT2D eigenvalue weighted by Gasteiger charge is -2.27. The van der Waals surface area contributed by atoms with Crippen molar-refractivity contribution in [3.05, 3.63) is 44.9 Å². The smallest absolute Gasteiger partial charge is 0.240 e. The number of anilines is 1. The summed E-state index contributed by atoms with van der Waals surface area (Å²) in [4.78, 5) is 17.9. The number of halogens is 2. The Bertz CT molecular complexity index is 724. The van der Waals surface area contributed by atoms with Crippen LogP contribution in [-0.2, 0) is 11.2 Å². The third-order valence-corrected chi connectivity index (χ3v) is 5.08. The van der Waals surface area contributed by atoms with Gasteiger partial charge in [0.05, 0.1) is 18.7 Å². The van der Waals surface area contributed by atoms with Crippen LogP contribution in [0.2, 0.25) is 10.0 Å². The van der Waals surface area contributed by atoms with E-state index in [2.05, 4.69) is 10.3 Å². The van der Waals surface area contributed by atoms with Gasteiger partial charge in [0.25, 0.3) is 0 Å². The first-order valence-corrected chi connectivity index (χ1v) is 8.64. The number of nitrogens with zero attached hydrogens (tertiary/aromatic N) is 2. The van der Waals surface area contributed by atoms with Crippen LogP contribution >= 0.6 is 34.5 Å². The average Bonchev–Trinajstić information content (AvgIpc) is 3.05. The van der Waals surface area contributed by atoms with E-state index < -0.39 is 6.10 Å². The highest BCUT2D eigenvalue weighted by Gasteiger charge is 2.36. The van der Waals surface area contributed by atoms with Crippen LogP contribution in [0.3, 0.4) is 0 Å². The van der Waals surface area contributed by atoms with Gasteiger partial charge in [0, 0.05) is 28.0 Å². The number of rotatable bonds is 4. The van der Waals surface area contributed by atoms with Crippen LogP contribution in [0.5, 0.6) is 0 Å². The number of aliphatic hydroxyl groups is 1. The number of hydrogen-bond donors (Lipinski definition) is 2. The zero-order valence-corrected chi connectivity index (χ0v) is 14.6. The van der Waals surface area contributed by atoms with Crippen molar-refractivity contribution in [2.24, 2.45) is 0 Å². The summed E-state index contributed by atoms with van der Waals surface area (Å²) in [5.74, 6) is -0.184. The van der Waals surface area contributed by atoms with Gasteiger partial charge in [-0.1, -0.05) is 23.2 Å². The van der Waals surface area contributed by atoms with Gasteiger partial charge in [0.15, 0.2) is 5.13 Å². The van der Waals surface area contributed by atoms with Crippen LogP contribution in [-0.4, -0.2) is 40.6 Å². The quantitative estimate of drug-likeness (QED) is 0.866. The molecule has 2 aromatic rings. The van der Waals surface area contributed by atoms with Gasteiger partial charge in [-0.2, -0.15) is 0 Å². The first-order valence-electron chi connectivity index (χ1n) is 7.01. The lowest BCUT2D eigenvalue weighted by molar-refractivity contribution is -0.118. The van der Waals surface area contributed by atoms with Gasteiger partial charge in [0.1, 0.15) is 0 Å². The van der Waals surface area contributed by atoms with Crippen LogP contribution in [0.15, 0.2) is 23.7 Å². The van der Waals surface area contributed by atoms with E-state index in [0.717, 1.165) is 11.1 Å². The second kappa shape index (κ2) is 6.75. The molecule has 1 aliphatic rings. The molecule has 2 N–H and O–H groups in total. The summed E-state index contributed by atoms with van der Waals surface area (Å²) in [5.41, 5.74) is 1.76. The van der Waals surface area contributed by atoms with Crippen molar-refractivity contribution >= 4 is 45.6 Å². The minimum atomic E-state index is -0.626. The molecular weight excluding hydrogens is 357 g/mol. The van der Waals surface area contributed by atoms with E-state index in [9.17, 15) is 9.90 Å². The second-order valence-electron chi connectivity index (χ2n) is 5.47. The highest BCUT2D eigenvalue weighted by atomic mass is 35.5. The second-order valence-corrected chi connectivity index (χ2v) is 7.21. The predicted molar refractivity (Wildman–Crippen MR) is 92.3 cm³/mol. The number of fused-ring (bicyclic) bond motifs is 1. The Morgan fingerprint density at radius 2 is 2.30 bits per heavy atom. The standard InChI is InChI=1S/C15H15Cl2N3O2S/c1-20(7-13(22)19-15-18-2-3-23-15)14-10-4-8(16)5-11(17)9(10)6-12(14)21/h2-5,12,14,21H,6-7H2,1H3,(H,18,19,22). The lowest BCUT2D eigenvalue weighted by atomic mass is 10.1. The maximum atomic E-state index is 12.1. The first kappa shape index (κ1) is 16.7. The molecular formula is C15H15Cl2N3O2S. The molecule has 1 aromatic carbocycles. The molecule has 0 spiro atoms. The molecule has 1 aliphatic carbocycles. The molecule has 0 saturated carbocycles. The van der Waals surface area contributed by atoms with Crippen molar-refractivity contribution in [2.75, 3.05) is 18.9 Å². The van der Waals surface area contributed by atoms with Crippen LogP contribution in [0.1, 0.15) is 17.2 Å². The number of aromatic nitrogens is 1. The van der Waals surface area contributed by atoms with E-state index in [1.807, 2.05) is 0 Å². The van der Waals surface area contributed by atoms with Crippen molar-refractivity contribution in [1.82, 2.24) is 9.88 Å². The molecule has 2 unspecified atom stereocenters. The molecule has 122 valence electrons. The summed E-state index contributed by atoms with van der Waals surface area (Å²) in [6, 6.07) is 3.16. The summed E-state index contributed by atoms with van der Waals surface area (Å²) in [7, 11) is 1.79. The molecule has 5 nitrogen and oxygen atoms in total. The molecule has 2 atom stereocenters. The number of carbonyl (C=O) groups is 1. The van der Waals surface area contributed by atoms with Crippen LogP contribution in [0.4, 0.5) is 5.13 Å². The number of nitrogens with one attached hydrogen (secondary N) is 1. The largest absolute Gasteiger partial charge is 0.391 e. The normalized spacial score (nSPS) is 19.9. The molecule has 23 heavy (non-hydrogen) atoms. The Labute approximate surface area is 147 Å². The van der Waals surface area contributed by atoms with Crippen molar-refractivity contribution in [3.63, 3.8) is 0 Å². The molecule has 1 heterocycles. The van der Waals surface area contributed by atoms with Gasteiger partial charge in [0.2, 0.25) is 5.91 Å². The molecule has 0 fully saturated rings. The molecule has 0 bridgehead atoms. The van der Waals surface area contributed by atoms with E-state index in [-0.39, 0.29) is 18.5 Å². The zero-order valence-electron chi connectivity index (χ0n) is 12.3. The maximum Gasteiger partial charge on any atom is 0.240 e. The minimum Gasteiger partial charge on any atom is -0.391 e. The van der Waals surface area contributed by atoms with E-state index in [1.165, 1.54) is 11.3 Å². The summed E-state index contributed by atoms with van der Waals surface area (Å²) in [5, 5.41) is 16.5. The van der Waals surface area contributed by atoms with E-state index >= 15 is 0 Å². The number of thiazole rings is 1. The molecule has 3 rings (SSSR count). The molecule has 1 aromatic heterocycles. The van der Waals surface area contributed by atoms with Gasteiger partial charge in [-0.25, -0.2) is 4.98 Å². The van der Waals surface area contributed by atoms with Gasteiger partial charge in [-0.15, -0.1) is 11.3 Å². The van der Waals surface area contributed by atoms with Gasteiger partial charge in [-0.3, -0.25) is 9.69 Å². The summed E-state index contributed by atoms with van der Waals surface area (Å²) >= 11 is 13.6. The number of carbonyl (C=O) groups excluding carboxylic acids is 1. The highest BCUT2D eigenvalue weighted by molar-refractivity contribution is 7.13. The summed E-state index contributed by atoms with van der Waals surface area (Å²) < 4.78 is 0. The van der Waals surface area contributed by atoms with Gasteiger partial charge >= 0.3 is 0 Å². The van der Waals surface area contributed by atoms with Gasteiger partial charge < -0.3 is 10.4 Å². The lowest BCUT2D eigenvalue weighted by Crippen LogP contribution is -2.37. The topological polar surface area (TPSA) is 65.5 Å². The fraction of sp³-hybridized carbons (Fsp3) is 0.333. The SMILES string of the molecule is CN(CC(=O)Nc1nccs1)C1c2cc(Cl)cc(Cl)c2CC1O. The maximum absolute atomic E-state index is 12.1. The zero-order chi connectivity index (χ0) is 16.6. The fourth-order valence-electron chi connectivity index (χ4n) is 2.93. The Kier molecular flexibility index (Phi) is 4.89. The highest BCUT2D eigenvalue weighted by Crippen LogP contribution is 2.40. The first-order chi connectivity index (χ1) is 11.0. The third-order valence-electron chi connectivity index (χ3n) is 3.84. The third kappa shape index (κ3) is 3.51. The minimum absolute atomic E-state index is 0.130. The molecule has 0 radical (unpaired) electrons. The molecule has 8 heteroatoms. The predicted octanol–water partition coefficient (Wildman–Crippen LogP) is 2.98. The van der Waals surface area contributed by atoms with Crippen molar-refractivity contribution in [1.29, 1.82) is 0 Å². The number of hydrogen-bond acceptors (Lipinski definition) is 5. The Hall–Kier alpha value is -1.18. The van der Waals surface area contributed by atoms with Crippen molar-refractivity contribution in [2.45, 2.75) is 18.6 Å². The molecule has 0 saturated heterocycles. The van der Waals surface area contributed by atoms with Gasteiger partial charge in [-0.05, 0) is 30.3 Å². The number of aliphatic hydroxyl groups excluding tert-OH is 1. The molecule has 0 aliphatic heterocycles. The number of likely N-dealkylation sites (N-methyl/N-ethyl adjacent to an activating group) is 1. The van der Waals surface area contributed by atoms with Crippen molar-refractivity contribution < 1.29 is 9.90 Å². The number of benzene rings is 1. The van der Waals surface area contributed by atoms with Crippen molar-refractivity contribution in [3.8, 4) is 0 Å². The monoisotopic (exact) mass is 371 g/mol. The Morgan fingerprint density at radius 1 is 1.52 bits per heavy atom. The van der Waals surface area contributed by atoms with Crippen LogP contribution in [0.25, 0.3) is 0 Å². The Balaban J connectivity index is 1.75. The van der Waals surface area contributed by atoms with Crippen LogP contribution < -0.4 is 5.32 Å². The summed E-state index contributed by atoms with van der Waals surface area (Å²) in [6.07, 6.45) is 1.46. The van der Waals surface area contributed by atoms with Crippen LogP contribution in [0, 0.1) is 0 Å². The van der Waals surface area contributed by atoms with E-state index in [0.29, 0.717) is 21.6 Å². The molecule has 1 amide bonds. The average molecular weight is 372 g/mol. The van der Waals surface area contributed by atoms with E-state index in [1.54, 1.807) is 35.7 Å². The Morgan fingerprint density at radius 3 is 3.00 bits per heavy atom. The van der Waals surface area contributed by atoms with E-state index in [4.69, 9.17) is 23.2 Å². The fourth-order valence-corrected chi connectivity index (χ4v) is 4.06. The number of amides is 1. The summed E-state index contributed by atoms with van der Waals surface area (Å²) in [6.45, 7) is 0.130.